The van der Waals surface area contributed by atoms with E-state index in [1.54, 1.807) is 11.1 Å². The van der Waals surface area contributed by atoms with E-state index in [-0.39, 0.29) is 23.8 Å². The largest absolute Gasteiger partial charge is 0.342 e. The van der Waals surface area contributed by atoms with Crippen LogP contribution in [-0.2, 0) is 16.1 Å². The van der Waals surface area contributed by atoms with Crippen molar-refractivity contribution in [1.29, 1.82) is 0 Å². The third-order valence-electron chi connectivity index (χ3n) is 3.98. The Kier molecular flexibility index (Phi) is 3.50. The second-order valence-electron chi connectivity index (χ2n) is 5.90. The fraction of sp³-hybridized carbons (Fsp3) is 0.643. The number of piperazine rings is 1. The SMILES string of the molecule is CC(C)C1NC(=O)C(C2CC2)N(Cc2nccs2)C1=O. The number of thiazole rings is 1. The molecule has 1 aliphatic heterocycles. The summed E-state index contributed by atoms with van der Waals surface area (Å²) in [5.74, 6) is 0.464. The van der Waals surface area contributed by atoms with Crippen LogP contribution in [0.5, 0.6) is 0 Å². The van der Waals surface area contributed by atoms with Gasteiger partial charge in [-0.25, -0.2) is 4.98 Å². The highest BCUT2D eigenvalue weighted by atomic mass is 32.1. The van der Waals surface area contributed by atoms with Crippen LogP contribution >= 0.6 is 11.3 Å². The Morgan fingerprint density at radius 2 is 2.20 bits per heavy atom. The van der Waals surface area contributed by atoms with E-state index in [9.17, 15) is 9.59 Å². The zero-order valence-corrected chi connectivity index (χ0v) is 12.5. The summed E-state index contributed by atoms with van der Waals surface area (Å²) in [4.78, 5) is 31.0. The summed E-state index contributed by atoms with van der Waals surface area (Å²) >= 11 is 1.53. The van der Waals surface area contributed by atoms with Gasteiger partial charge in [-0.05, 0) is 24.7 Å². The van der Waals surface area contributed by atoms with Gasteiger partial charge in [0.15, 0.2) is 0 Å². The summed E-state index contributed by atoms with van der Waals surface area (Å²) in [5.41, 5.74) is 0. The lowest BCUT2D eigenvalue weighted by Gasteiger charge is -2.40. The van der Waals surface area contributed by atoms with Gasteiger partial charge in [-0.1, -0.05) is 13.8 Å². The lowest BCUT2D eigenvalue weighted by molar-refractivity contribution is -0.152. The number of rotatable bonds is 4. The van der Waals surface area contributed by atoms with Crippen LogP contribution in [0.2, 0.25) is 0 Å². The lowest BCUT2D eigenvalue weighted by Crippen LogP contribution is -2.65. The predicted octanol–water partition coefficient (Wildman–Crippen LogP) is 1.40. The van der Waals surface area contributed by atoms with Gasteiger partial charge in [0.2, 0.25) is 11.8 Å². The van der Waals surface area contributed by atoms with Crippen molar-refractivity contribution in [2.24, 2.45) is 11.8 Å². The molecule has 2 atom stereocenters. The molecule has 2 amide bonds. The Hall–Kier alpha value is -1.43. The van der Waals surface area contributed by atoms with Crippen LogP contribution in [-0.4, -0.2) is 33.8 Å². The van der Waals surface area contributed by atoms with Crippen molar-refractivity contribution in [3.63, 3.8) is 0 Å². The number of aromatic nitrogens is 1. The molecule has 3 rings (SSSR count). The predicted molar refractivity (Wildman–Crippen MR) is 75.9 cm³/mol. The zero-order valence-electron chi connectivity index (χ0n) is 11.7. The molecular weight excluding hydrogens is 274 g/mol. The number of nitrogens with one attached hydrogen (secondary N) is 1. The fourth-order valence-electron chi connectivity index (χ4n) is 2.74. The molecule has 20 heavy (non-hydrogen) atoms. The molecule has 1 saturated heterocycles. The third kappa shape index (κ3) is 2.44. The molecule has 6 heteroatoms. The van der Waals surface area contributed by atoms with Crippen molar-refractivity contribution < 1.29 is 9.59 Å². The molecule has 1 saturated carbocycles. The molecule has 2 fully saturated rings. The Balaban J connectivity index is 1.86. The molecule has 1 N–H and O–H groups in total. The van der Waals surface area contributed by atoms with Gasteiger partial charge < -0.3 is 10.2 Å². The monoisotopic (exact) mass is 293 g/mol. The Labute approximate surface area is 122 Å². The minimum absolute atomic E-state index is 0.00218. The van der Waals surface area contributed by atoms with E-state index < -0.39 is 6.04 Å². The normalized spacial score (nSPS) is 27.1. The molecule has 0 aromatic carbocycles. The average Bonchev–Trinajstić information content (AvgIpc) is 3.09. The quantitative estimate of drug-likeness (QED) is 0.913. The molecule has 2 heterocycles. The van der Waals surface area contributed by atoms with Crippen molar-refractivity contribution >= 4 is 23.2 Å². The van der Waals surface area contributed by atoms with Gasteiger partial charge in [-0.2, -0.15) is 0 Å². The summed E-state index contributed by atoms with van der Waals surface area (Å²) in [6.07, 6.45) is 3.80. The van der Waals surface area contributed by atoms with Crippen molar-refractivity contribution in [2.45, 2.75) is 45.3 Å². The van der Waals surface area contributed by atoms with Crippen LogP contribution in [0.15, 0.2) is 11.6 Å². The average molecular weight is 293 g/mol. The second-order valence-corrected chi connectivity index (χ2v) is 6.88. The topological polar surface area (TPSA) is 62.3 Å². The second kappa shape index (κ2) is 5.16. The minimum Gasteiger partial charge on any atom is -0.342 e. The van der Waals surface area contributed by atoms with Crippen LogP contribution < -0.4 is 5.32 Å². The fourth-order valence-corrected chi connectivity index (χ4v) is 3.36. The van der Waals surface area contributed by atoms with Gasteiger partial charge >= 0.3 is 0 Å². The smallest absolute Gasteiger partial charge is 0.246 e. The highest BCUT2D eigenvalue weighted by Gasteiger charge is 2.48. The number of hydrogen-bond acceptors (Lipinski definition) is 4. The van der Waals surface area contributed by atoms with Gasteiger partial charge in [0.05, 0.1) is 6.54 Å². The van der Waals surface area contributed by atoms with Gasteiger partial charge in [0.1, 0.15) is 17.1 Å². The first-order valence-electron chi connectivity index (χ1n) is 7.07. The summed E-state index contributed by atoms with van der Waals surface area (Å²) in [6.45, 7) is 4.37. The molecule has 1 aliphatic carbocycles. The van der Waals surface area contributed by atoms with E-state index in [1.165, 1.54) is 11.3 Å². The van der Waals surface area contributed by atoms with Crippen LogP contribution in [0.4, 0.5) is 0 Å². The molecule has 0 bridgehead atoms. The van der Waals surface area contributed by atoms with Crippen LogP contribution in [0.25, 0.3) is 0 Å². The first-order chi connectivity index (χ1) is 9.58. The molecular formula is C14H19N3O2S. The van der Waals surface area contributed by atoms with E-state index in [2.05, 4.69) is 10.3 Å². The first kappa shape index (κ1) is 13.5. The van der Waals surface area contributed by atoms with Gasteiger partial charge in [0.25, 0.3) is 0 Å². The Morgan fingerprint density at radius 3 is 2.75 bits per heavy atom. The number of carbonyl (C=O) groups is 2. The van der Waals surface area contributed by atoms with Crippen LogP contribution in [0.3, 0.4) is 0 Å². The van der Waals surface area contributed by atoms with E-state index in [0.29, 0.717) is 12.5 Å². The molecule has 108 valence electrons. The molecule has 1 aromatic rings. The van der Waals surface area contributed by atoms with E-state index >= 15 is 0 Å². The maximum absolute atomic E-state index is 12.7. The number of amides is 2. The third-order valence-corrected chi connectivity index (χ3v) is 4.74. The molecule has 0 spiro atoms. The standard InChI is InChI=1S/C14H19N3O2S/c1-8(2)11-14(19)17(7-10-15-5-6-20-10)12(9-3-4-9)13(18)16-11/h5-6,8-9,11-12H,3-4,7H2,1-2H3,(H,16,18). The van der Waals surface area contributed by atoms with Gasteiger partial charge in [-0.15, -0.1) is 11.3 Å². The lowest BCUT2D eigenvalue weighted by atomic mass is 9.96. The summed E-state index contributed by atoms with van der Waals surface area (Å²) in [6, 6.07) is -0.709. The molecule has 2 unspecified atom stereocenters. The summed E-state index contributed by atoms with van der Waals surface area (Å²) in [7, 11) is 0. The van der Waals surface area contributed by atoms with Gasteiger partial charge in [0, 0.05) is 11.6 Å². The number of nitrogens with zero attached hydrogens (tertiary/aromatic N) is 2. The molecule has 2 aliphatic rings. The highest BCUT2D eigenvalue weighted by molar-refractivity contribution is 7.09. The maximum atomic E-state index is 12.7. The maximum Gasteiger partial charge on any atom is 0.246 e. The first-order valence-corrected chi connectivity index (χ1v) is 7.95. The van der Waals surface area contributed by atoms with Crippen molar-refractivity contribution in [3.05, 3.63) is 16.6 Å². The van der Waals surface area contributed by atoms with Crippen LogP contribution in [0.1, 0.15) is 31.7 Å². The van der Waals surface area contributed by atoms with E-state index in [0.717, 1.165) is 17.8 Å². The van der Waals surface area contributed by atoms with E-state index in [4.69, 9.17) is 0 Å². The highest BCUT2D eigenvalue weighted by Crippen LogP contribution is 2.38. The van der Waals surface area contributed by atoms with Crippen LogP contribution in [0, 0.1) is 11.8 Å². The van der Waals surface area contributed by atoms with Crippen molar-refractivity contribution in [3.8, 4) is 0 Å². The Morgan fingerprint density at radius 1 is 1.45 bits per heavy atom. The van der Waals surface area contributed by atoms with Crippen molar-refractivity contribution in [2.75, 3.05) is 0 Å². The van der Waals surface area contributed by atoms with Crippen molar-refractivity contribution in [1.82, 2.24) is 15.2 Å². The molecule has 0 radical (unpaired) electrons. The van der Waals surface area contributed by atoms with E-state index in [1.807, 2.05) is 19.2 Å². The number of hydrogen-bond donors (Lipinski definition) is 1. The molecule has 5 nitrogen and oxygen atoms in total. The van der Waals surface area contributed by atoms with Gasteiger partial charge in [-0.3, -0.25) is 9.59 Å². The molecule has 1 aromatic heterocycles. The zero-order chi connectivity index (χ0) is 14.3. The summed E-state index contributed by atoms with van der Waals surface area (Å²) < 4.78 is 0. The number of carbonyl (C=O) groups excluding carboxylic acids is 2. The summed E-state index contributed by atoms with van der Waals surface area (Å²) in [5, 5.41) is 5.69. The minimum atomic E-state index is -0.405. The Bertz CT molecular complexity index is 510.